The largest absolute Gasteiger partial charge is 0.288 e. The molecular weight excluding hydrogens is 279 g/mol. The highest BCUT2D eigenvalue weighted by atomic mass is 35.7. The number of nitriles is 1. The summed E-state index contributed by atoms with van der Waals surface area (Å²) in [5.74, 6) is 0. The maximum absolute atomic E-state index is 11.0. The van der Waals surface area contributed by atoms with Gasteiger partial charge in [-0.3, -0.25) is 10.1 Å². The number of hydrogen-bond donors (Lipinski definition) is 0. The molecule has 0 saturated carbocycles. The number of benzene rings is 1. The zero-order valence-corrected chi connectivity index (χ0v) is 9.67. The van der Waals surface area contributed by atoms with Crippen molar-refractivity contribution in [2.75, 3.05) is 0 Å². The van der Waals surface area contributed by atoms with Gasteiger partial charge in [-0.2, -0.15) is 5.26 Å². The Kier molecular flexibility index (Phi) is 3.38. The van der Waals surface area contributed by atoms with E-state index in [0.717, 1.165) is 12.1 Å². The third-order valence-electron chi connectivity index (χ3n) is 1.66. The molecule has 0 aliphatic rings. The Morgan fingerprint density at radius 1 is 1.44 bits per heavy atom. The van der Waals surface area contributed by atoms with Crippen LogP contribution in [-0.4, -0.2) is 13.3 Å². The van der Waals surface area contributed by atoms with Crippen LogP contribution in [0, 0.1) is 21.4 Å². The molecule has 0 heterocycles. The van der Waals surface area contributed by atoms with Crippen molar-refractivity contribution in [3.05, 3.63) is 32.8 Å². The van der Waals surface area contributed by atoms with Crippen molar-refractivity contribution in [1.82, 2.24) is 0 Å². The van der Waals surface area contributed by atoms with Gasteiger partial charge in [0.05, 0.1) is 9.95 Å². The summed E-state index contributed by atoms with van der Waals surface area (Å²) in [4.78, 5) is 9.14. The van der Waals surface area contributed by atoms with Crippen molar-refractivity contribution >= 4 is 37.0 Å². The first-order valence-electron chi connectivity index (χ1n) is 3.60. The highest BCUT2D eigenvalue weighted by molar-refractivity contribution is 8.13. The summed E-state index contributed by atoms with van der Waals surface area (Å²) in [5, 5.41) is 18.6. The average molecular weight is 281 g/mol. The molecule has 0 fully saturated rings. The van der Waals surface area contributed by atoms with Gasteiger partial charge >= 0.3 is 0 Å². The molecule has 0 saturated heterocycles. The Bertz CT molecular complexity index is 606. The zero-order chi connectivity index (χ0) is 12.5. The molecule has 1 rings (SSSR count). The minimum Gasteiger partial charge on any atom is -0.258 e. The Balaban J connectivity index is 3.68. The summed E-state index contributed by atoms with van der Waals surface area (Å²) < 4.78 is 22.0. The standard InChI is InChI=1S/C7H2Cl2N2O4S/c8-7-4(3-10)5(11(12)13)1-2-6(7)16(9,14)15/h1-2H. The van der Waals surface area contributed by atoms with Crippen molar-refractivity contribution in [3.63, 3.8) is 0 Å². The van der Waals surface area contributed by atoms with Crippen molar-refractivity contribution in [2.24, 2.45) is 0 Å². The number of nitrogens with zero attached hydrogens (tertiary/aromatic N) is 2. The van der Waals surface area contributed by atoms with Crippen LogP contribution in [0.2, 0.25) is 5.02 Å². The van der Waals surface area contributed by atoms with E-state index in [4.69, 9.17) is 27.5 Å². The lowest BCUT2D eigenvalue weighted by Gasteiger charge is -2.02. The van der Waals surface area contributed by atoms with E-state index < -0.39 is 35.1 Å². The van der Waals surface area contributed by atoms with Gasteiger partial charge in [-0.05, 0) is 6.07 Å². The van der Waals surface area contributed by atoms with Crippen molar-refractivity contribution in [1.29, 1.82) is 5.26 Å². The Morgan fingerprint density at radius 3 is 2.38 bits per heavy atom. The monoisotopic (exact) mass is 280 g/mol. The van der Waals surface area contributed by atoms with Crippen LogP contribution in [-0.2, 0) is 9.05 Å². The maximum Gasteiger partial charge on any atom is 0.288 e. The molecule has 0 amide bonds. The molecule has 0 spiro atoms. The third-order valence-corrected chi connectivity index (χ3v) is 3.52. The van der Waals surface area contributed by atoms with Gasteiger partial charge in [-0.1, -0.05) is 11.6 Å². The summed E-state index contributed by atoms with van der Waals surface area (Å²) >= 11 is 5.55. The van der Waals surface area contributed by atoms with Gasteiger partial charge in [-0.15, -0.1) is 0 Å². The van der Waals surface area contributed by atoms with Gasteiger partial charge < -0.3 is 0 Å². The Labute approximate surface area is 99.6 Å². The molecule has 0 bridgehead atoms. The number of nitro benzene ring substituents is 1. The van der Waals surface area contributed by atoms with E-state index in [2.05, 4.69) is 0 Å². The molecule has 6 nitrogen and oxygen atoms in total. The van der Waals surface area contributed by atoms with Gasteiger partial charge in [0, 0.05) is 16.7 Å². The second-order valence-electron chi connectivity index (χ2n) is 2.58. The minimum absolute atomic E-state index is 0.530. The van der Waals surface area contributed by atoms with Crippen LogP contribution in [0.3, 0.4) is 0 Å². The van der Waals surface area contributed by atoms with Crippen molar-refractivity contribution in [3.8, 4) is 6.07 Å². The molecule has 0 aliphatic heterocycles. The normalized spacial score (nSPS) is 10.8. The summed E-state index contributed by atoms with van der Waals surface area (Å²) in [6.45, 7) is 0. The smallest absolute Gasteiger partial charge is 0.258 e. The number of rotatable bonds is 2. The summed E-state index contributed by atoms with van der Waals surface area (Å²) in [5.41, 5.74) is -1.11. The molecule has 0 aromatic heterocycles. The van der Waals surface area contributed by atoms with E-state index in [9.17, 15) is 18.5 Å². The first-order valence-corrected chi connectivity index (χ1v) is 6.29. The lowest BCUT2D eigenvalue weighted by molar-refractivity contribution is -0.385. The maximum atomic E-state index is 11.0. The Morgan fingerprint density at radius 2 is 2.00 bits per heavy atom. The van der Waals surface area contributed by atoms with E-state index in [1.54, 1.807) is 0 Å². The van der Waals surface area contributed by atoms with E-state index in [1.165, 1.54) is 6.07 Å². The molecular formula is C7H2Cl2N2O4S. The second kappa shape index (κ2) is 4.25. The molecule has 0 N–H and O–H groups in total. The third kappa shape index (κ3) is 2.24. The van der Waals surface area contributed by atoms with Crippen LogP contribution in [0.15, 0.2) is 17.0 Å². The van der Waals surface area contributed by atoms with Crippen LogP contribution >= 0.6 is 22.3 Å². The van der Waals surface area contributed by atoms with Crippen LogP contribution in [0.1, 0.15) is 5.56 Å². The zero-order valence-electron chi connectivity index (χ0n) is 7.35. The summed E-state index contributed by atoms with van der Waals surface area (Å²) in [7, 11) is 0.891. The number of halogens is 2. The minimum atomic E-state index is -4.14. The highest BCUT2D eigenvalue weighted by Crippen LogP contribution is 2.33. The molecule has 0 radical (unpaired) electrons. The van der Waals surface area contributed by atoms with Crippen LogP contribution in [0.4, 0.5) is 5.69 Å². The molecule has 0 unspecified atom stereocenters. The van der Waals surface area contributed by atoms with Crippen LogP contribution < -0.4 is 0 Å². The number of hydrogen-bond acceptors (Lipinski definition) is 5. The summed E-state index contributed by atoms with van der Waals surface area (Å²) in [6, 6.07) is 3.20. The molecule has 16 heavy (non-hydrogen) atoms. The Hall–Kier alpha value is -1.36. The van der Waals surface area contributed by atoms with E-state index in [1.807, 2.05) is 0 Å². The fourth-order valence-corrected chi connectivity index (χ4v) is 2.55. The molecule has 1 aromatic carbocycles. The van der Waals surface area contributed by atoms with E-state index in [0.29, 0.717) is 0 Å². The highest BCUT2D eigenvalue weighted by Gasteiger charge is 2.24. The fourth-order valence-electron chi connectivity index (χ4n) is 0.994. The predicted octanol–water partition coefficient (Wildman–Crippen LogP) is 2.05. The first kappa shape index (κ1) is 12.7. The van der Waals surface area contributed by atoms with Gasteiger partial charge in [0.25, 0.3) is 14.7 Å². The van der Waals surface area contributed by atoms with Gasteiger partial charge in [0.1, 0.15) is 16.5 Å². The van der Waals surface area contributed by atoms with E-state index in [-0.39, 0.29) is 0 Å². The quantitative estimate of drug-likeness (QED) is 0.469. The van der Waals surface area contributed by atoms with Crippen molar-refractivity contribution in [2.45, 2.75) is 4.90 Å². The molecule has 0 aliphatic carbocycles. The molecule has 1 aromatic rings. The van der Waals surface area contributed by atoms with Gasteiger partial charge in [0.2, 0.25) is 0 Å². The number of nitro groups is 1. The topological polar surface area (TPSA) is 101 Å². The first-order chi connectivity index (χ1) is 7.29. The molecule has 0 atom stereocenters. The lowest BCUT2D eigenvalue weighted by atomic mass is 10.2. The molecule has 84 valence electrons. The van der Waals surface area contributed by atoms with Crippen LogP contribution in [0.25, 0.3) is 0 Å². The molecule has 9 heteroatoms. The fraction of sp³-hybridized carbons (Fsp3) is 0. The lowest BCUT2D eigenvalue weighted by Crippen LogP contribution is -1.98. The summed E-state index contributed by atoms with van der Waals surface area (Å²) in [6.07, 6.45) is 0. The average Bonchev–Trinajstić information content (AvgIpc) is 2.14. The second-order valence-corrected chi connectivity index (χ2v) is 5.49. The SMILES string of the molecule is N#Cc1c([N+](=O)[O-])ccc(S(=O)(=O)Cl)c1Cl. The van der Waals surface area contributed by atoms with Gasteiger partial charge in [0.15, 0.2) is 0 Å². The van der Waals surface area contributed by atoms with E-state index >= 15 is 0 Å². The predicted molar refractivity (Wildman–Crippen MR) is 55.9 cm³/mol. The van der Waals surface area contributed by atoms with Crippen LogP contribution in [0.5, 0.6) is 0 Å². The van der Waals surface area contributed by atoms with Gasteiger partial charge in [-0.25, -0.2) is 8.42 Å². The van der Waals surface area contributed by atoms with Crippen molar-refractivity contribution < 1.29 is 13.3 Å².